The smallest absolute Gasteiger partial charge is 0.413 e. The lowest BCUT2D eigenvalue weighted by Gasteiger charge is -2.24. The first-order valence-corrected chi connectivity index (χ1v) is 11.2. The standard InChI is InChI=1S/C23H31N5O7/c1-5-7-13-27(18-19(24)28(12-6-2)22(32)25-20(18)30)17(29)14-35-21(31)15-10-8-9-11-16(15)26(3)23(33)34-4/h8-11H,5-7,12-14,24H2,1-4H3,(H,25,30,32). The van der Waals surface area contributed by atoms with Crippen molar-refractivity contribution in [2.75, 3.05) is 42.8 Å². The minimum absolute atomic E-state index is 0.0437. The largest absolute Gasteiger partial charge is 0.452 e. The van der Waals surface area contributed by atoms with Gasteiger partial charge in [-0.05, 0) is 25.0 Å². The minimum atomic E-state index is -0.849. The zero-order chi connectivity index (χ0) is 26.1. The number of nitrogens with zero attached hydrogens (tertiary/aromatic N) is 3. The number of nitrogen functional groups attached to an aromatic ring is 1. The van der Waals surface area contributed by atoms with Crippen LogP contribution in [0.25, 0.3) is 0 Å². The molecular weight excluding hydrogens is 458 g/mol. The van der Waals surface area contributed by atoms with Gasteiger partial charge in [0, 0.05) is 20.1 Å². The molecule has 12 heteroatoms. The summed E-state index contributed by atoms with van der Waals surface area (Å²) < 4.78 is 11.1. The van der Waals surface area contributed by atoms with Gasteiger partial charge in [0.1, 0.15) is 5.82 Å². The summed E-state index contributed by atoms with van der Waals surface area (Å²) in [6.07, 6.45) is 1.14. The first-order chi connectivity index (χ1) is 16.7. The maximum Gasteiger partial charge on any atom is 0.413 e. The monoisotopic (exact) mass is 489 g/mol. The van der Waals surface area contributed by atoms with Crippen LogP contribution in [-0.2, 0) is 20.8 Å². The Hall–Kier alpha value is -4.09. The lowest BCUT2D eigenvalue weighted by Crippen LogP contribution is -2.43. The number of amides is 2. The van der Waals surface area contributed by atoms with Gasteiger partial charge in [-0.3, -0.25) is 24.0 Å². The predicted octanol–water partition coefficient (Wildman–Crippen LogP) is 1.72. The summed E-state index contributed by atoms with van der Waals surface area (Å²) in [5, 5.41) is 0. The predicted molar refractivity (Wildman–Crippen MR) is 131 cm³/mol. The maximum atomic E-state index is 13.1. The molecule has 1 heterocycles. The lowest BCUT2D eigenvalue weighted by molar-refractivity contribution is -0.121. The van der Waals surface area contributed by atoms with Crippen LogP contribution in [0.4, 0.5) is 22.0 Å². The van der Waals surface area contributed by atoms with E-state index < -0.39 is 35.8 Å². The molecule has 3 N–H and O–H groups in total. The number of rotatable bonds is 10. The van der Waals surface area contributed by atoms with E-state index >= 15 is 0 Å². The third-order valence-corrected chi connectivity index (χ3v) is 5.23. The Balaban J connectivity index is 2.33. The number of hydrogen-bond donors (Lipinski definition) is 2. The number of unbranched alkanes of at least 4 members (excludes halogenated alkanes) is 1. The van der Waals surface area contributed by atoms with E-state index in [-0.39, 0.29) is 35.8 Å². The number of nitrogens with two attached hydrogens (primary N) is 1. The number of benzene rings is 1. The number of esters is 1. The van der Waals surface area contributed by atoms with Gasteiger partial charge in [-0.25, -0.2) is 14.4 Å². The molecular formula is C23H31N5O7. The summed E-state index contributed by atoms with van der Waals surface area (Å²) >= 11 is 0. The molecule has 1 aromatic carbocycles. The summed E-state index contributed by atoms with van der Waals surface area (Å²) in [6.45, 7) is 3.44. The molecule has 35 heavy (non-hydrogen) atoms. The van der Waals surface area contributed by atoms with Crippen LogP contribution in [0.15, 0.2) is 33.9 Å². The summed E-state index contributed by atoms with van der Waals surface area (Å²) in [6, 6.07) is 6.18. The molecule has 190 valence electrons. The van der Waals surface area contributed by atoms with Crippen molar-refractivity contribution in [3.05, 3.63) is 50.7 Å². The summed E-state index contributed by atoms with van der Waals surface area (Å²) in [5.74, 6) is -1.68. The van der Waals surface area contributed by atoms with Gasteiger partial charge in [0.25, 0.3) is 11.5 Å². The number of carbonyl (C=O) groups is 3. The van der Waals surface area contributed by atoms with Gasteiger partial charge < -0.3 is 20.1 Å². The second-order valence-electron chi connectivity index (χ2n) is 7.67. The van der Waals surface area contributed by atoms with Crippen molar-refractivity contribution in [1.29, 1.82) is 0 Å². The molecule has 0 bridgehead atoms. The molecule has 0 atom stereocenters. The van der Waals surface area contributed by atoms with Gasteiger partial charge in [-0.2, -0.15) is 0 Å². The summed E-state index contributed by atoms with van der Waals surface area (Å²) in [5.41, 5.74) is 4.75. The van der Waals surface area contributed by atoms with E-state index in [2.05, 4.69) is 9.72 Å². The van der Waals surface area contributed by atoms with Crippen molar-refractivity contribution in [2.24, 2.45) is 0 Å². The Morgan fingerprint density at radius 2 is 1.80 bits per heavy atom. The van der Waals surface area contributed by atoms with Crippen molar-refractivity contribution in [1.82, 2.24) is 9.55 Å². The molecule has 0 fully saturated rings. The van der Waals surface area contributed by atoms with Crippen LogP contribution in [0, 0.1) is 0 Å². The first kappa shape index (κ1) is 27.2. The van der Waals surface area contributed by atoms with Gasteiger partial charge in [0.15, 0.2) is 12.3 Å². The molecule has 2 amide bonds. The average Bonchev–Trinajstić information content (AvgIpc) is 2.85. The summed E-state index contributed by atoms with van der Waals surface area (Å²) in [7, 11) is 2.64. The lowest BCUT2D eigenvalue weighted by atomic mass is 10.1. The number of aromatic amines is 1. The molecule has 2 aromatic rings. The molecule has 0 radical (unpaired) electrons. The van der Waals surface area contributed by atoms with Crippen LogP contribution in [0.5, 0.6) is 0 Å². The number of methoxy groups -OCH3 is 1. The van der Waals surface area contributed by atoms with E-state index in [4.69, 9.17) is 10.5 Å². The zero-order valence-corrected chi connectivity index (χ0v) is 20.3. The highest BCUT2D eigenvalue weighted by Gasteiger charge is 2.26. The van der Waals surface area contributed by atoms with Crippen molar-refractivity contribution < 1.29 is 23.9 Å². The Morgan fingerprint density at radius 3 is 2.43 bits per heavy atom. The summed E-state index contributed by atoms with van der Waals surface area (Å²) in [4.78, 5) is 66.9. The van der Waals surface area contributed by atoms with E-state index in [1.165, 1.54) is 30.9 Å². The topological polar surface area (TPSA) is 157 Å². The molecule has 0 unspecified atom stereocenters. The van der Waals surface area contributed by atoms with Crippen molar-refractivity contribution in [2.45, 2.75) is 39.7 Å². The molecule has 2 rings (SSSR count). The molecule has 0 aliphatic rings. The highest BCUT2D eigenvalue weighted by molar-refractivity contribution is 6.02. The van der Waals surface area contributed by atoms with Gasteiger partial charge in [-0.1, -0.05) is 32.4 Å². The number of ether oxygens (including phenoxy) is 2. The van der Waals surface area contributed by atoms with Crippen LogP contribution in [0.3, 0.4) is 0 Å². The first-order valence-electron chi connectivity index (χ1n) is 11.2. The van der Waals surface area contributed by atoms with E-state index in [1.54, 1.807) is 12.1 Å². The SMILES string of the molecule is CCCCN(C(=O)COC(=O)c1ccccc1N(C)C(=O)OC)c1c(N)n(CCC)c(=O)[nH]c1=O. The van der Waals surface area contributed by atoms with E-state index in [1.807, 2.05) is 13.8 Å². The fourth-order valence-electron chi connectivity index (χ4n) is 3.42. The Morgan fingerprint density at radius 1 is 1.11 bits per heavy atom. The molecule has 0 aliphatic heterocycles. The number of para-hydroxylation sites is 1. The maximum absolute atomic E-state index is 13.1. The van der Waals surface area contributed by atoms with Gasteiger partial charge in [0.2, 0.25) is 0 Å². The second kappa shape index (κ2) is 12.4. The third kappa shape index (κ3) is 6.28. The molecule has 0 spiro atoms. The molecule has 12 nitrogen and oxygen atoms in total. The van der Waals surface area contributed by atoms with Crippen LogP contribution in [0.1, 0.15) is 43.5 Å². The molecule has 0 saturated carbocycles. The highest BCUT2D eigenvalue weighted by atomic mass is 16.5. The quantitative estimate of drug-likeness (QED) is 0.478. The van der Waals surface area contributed by atoms with Gasteiger partial charge >= 0.3 is 17.8 Å². The number of anilines is 3. The highest BCUT2D eigenvalue weighted by Crippen LogP contribution is 2.22. The Labute approximate surface area is 202 Å². The van der Waals surface area contributed by atoms with Gasteiger partial charge in [-0.15, -0.1) is 0 Å². The van der Waals surface area contributed by atoms with E-state index in [9.17, 15) is 24.0 Å². The Bertz CT molecular complexity index is 1190. The molecule has 0 saturated heterocycles. The van der Waals surface area contributed by atoms with Crippen LogP contribution in [-0.4, -0.2) is 54.8 Å². The van der Waals surface area contributed by atoms with E-state index in [0.29, 0.717) is 19.3 Å². The third-order valence-electron chi connectivity index (χ3n) is 5.23. The van der Waals surface area contributed by atoms with Crippen LogP contribution in [0.2, 0.25) is 0 Å². The second-order valence-corrected chi connectivity index (χ2v) is 7.67. The molecule has 0 aliphatic carbocycles. The number of nitrogens with one attached hydrogen (secondary N) is 1. The fourth-order valence-corrected chi connectivity index (χ4v) is 3.42. The van der Waals surface area contributed by atoms with Crippen LogP contribution < -0.4 is 26.8 Å². The Kier molecular flexibility index (Phi) is 9.62. The van der Waals surface area contributed by atoms with Crippen molar-refractivity contribution in [3.63, 3.8) is 0 Å². The minimum Gasteiger partial charge on any atom is -0.452 e. The number of H-pyrrole nitrogens is 1. The number of aromatic nitrogens is 2. The van der Waals surface area contributed by atoms with Crippen molar-refractivity contribution in [3.8, 4) is 0 Å². The van der Waals surface area contributed by atoms with Gasteiger partial charge in [0.05, 0.1) is 18.4 Å². The zero-order valence-electron chi connectivity index (χ0n) is 20.3. The van der Waals surface area contributed by atoms with Crippen molar-refractivity contribution >= 4 is 35.2 Å². The average molecular weight is 490 g/mol. The molecule has 1 aromatic heterocycles. The normalized spacial score (nSPS) is 10.5. The fraction of sp³-hybridized carbons (Fsp3) is 0.435. The number of hydrogen-bond acceptors (Lipinski definition) is 8. The number of carbonyl (C=O) groups excluding carboxylic acids is 3. The van der Waals surface area contributed by atoms with Crippen LogP contribution >= 0.6 is 0 Å². The van der Waals surface area contributed by atoms with E-state index in [0.717, 1.165) is 9.80 Å².